The van der Waals surface area contributed by atoms with Crippen LogP contribution in [-0.4, -0.2) is 9.13 Å². The molecule has 0 bridgehead atoms. The predicted octanol–water partition coefficient (Wildman–Crippen LogP) is 13.6. The van der Waals surface area contributed by atoms with E-state index in [1.165, 1.54) is 71.6 Å². The Morgan fingerprint density at radius 2 is 0.774 bits per heavy atom. The number of aromatic nitrogens is 2. The molecule has 0 aliphatic heterocycles. The molecule has 0 saturated heterocycles. The van der Waals surface area contributed by atoms with Crippen LogP contribution in [0.15, 0.2) is 188 Å². The highest BCUT2D eigenvalue weighted by molar-refractivity contribution is 6.12. The first-order valence-electron chi connectivity index (χ1n) is 18.3. The lowest BCUT2D eigenvalue weighted by atomic mass is 10.0. The molecule has 53 heavy (non-hydrogen) atoms. The van der Waals surface area contributed by atoms with Gasteiger partial charge in [-0.25, -0.2) is 0 Å². The van der Waals surface area contributed by atoms with Gasteiger partial charge in [-0.1, -0.05) is 91.0 Å². The van der Waals surface area contributed by atoms with Crippen LogP contribution in [0, 0.1) is 13.8 Å². The van der Waals surface area contributed by atoms with Crippen molar-refractivity contribution in [2.45, 2.75) is 13.8 Å². The van der Waals surface area contributed by atoms with Gasteiger partial charge in [0.2, 0.25) is 0 Å². The minimum absolute atomic E-state index is 1.12. The average Bonchev–Trinajstić information content (AvgIpc) is 3.71. The third kappa shape index (κ3) is 5.20. The molecule has 10 aromatic rings. The summed E-state index contributed by atoms with van der Waals surface area (Å²) in [5.41, 5.74) is 15.4. The summed E-state index contributed by atoms with van der Waals surface area (Å²) < 4.78 is 4.77. The minimum atomic E-state index is 1.12. The van der Waals surface area contributed by atoms with Crippen LogP contribution in [0.5, 0.6) is 0 Å². The normalized spacial score (nSPS) is 11.6. The molecule has 0 aliphatic carbocycles. The van der Waals surface area contributed by atoms with E-state index in [2.05, 4.69) is 216 Å². The Kier molecular flexibility index (Phi) is 7.26. The van der Waals surface area contributed by atoms with Crippen molar-refractivity contribution in [1.29, 1.82) is 0 Å². The van der Waals surface area contributed by atoms with E-state index in [1.807, 2.05) is 0 Å². The number of fused-ring (bicyclic) bond motifs is 6. The maximum absolute atomic E-state index is 2.40. The van der Waals surface area contributed by atoms with E-state index in [-0.39, 0.29) is 0 Å². The molecule has 0 spiro atoms. The minimum Gasteiger partial charge on any atom is -0.310 e. The van der Waals surface area contributed by atoms with Gasteiger partial charge in [-0.2, -0.15) is 0 Å². The van der Waals surface area contributed by atoms with E-state index in [0.717, 1.165) is 22.7 Å². The van der Waals surface area contributed by atoms with Gasteiger partial charge in [-0.3, -0.25) is 0 Å². The first kappa shape index (κ1) is 30.9. The van der Waals surface area contributed by atoms with E-state index in [0.29, 0.717) is 0 Å². The molecule has 0 N–H and O–H groups in total. The van der Waals surface area contributed by atoms with Crippen molar-refractivity contribution in [3.8, 4) is 22.5 Å². The molecule has 0 aliphatic rings. The summed E-state index contributed by atoms with van der Waals surface area (Å²) in [6.07, 6.45) is 0. The molecule has 8 aromatic carbocycles. The topological polar surface area (TPSA) is 13.1 Å². The van der Waals surface area contributed by atoms with Gasteiger partial charge in [0.15, 0.2) is 0 Å². The molecule has 10 rings (SSSR count). The molecular weight excluding hydrogens is 643 g/mol. The Balaban J connectivity index is 1.09. The zero-order valence-corrected chi connectivity index (χ0v) is 29.7. The molecule has 2 heterocycles. The van der Waals surface area contributed by atoms with Gasteiger partial charge in [-0.05, 0) is 133 Å². The number of hydrogen-bond acceptors (Lipinski definition) is 1. The number of para-hydroxylation sites is 3. The third-order valence-corrected chi connectivity index (χ3v) is 10.6. The standard InChI is InChI=1S/C50H37N3/c1-34-12-10-16-41(30-34)51(42-17-11-13-35(2)31-42)39-24-26-40(27-25-39)53-48-21-9-7-19-44(48)46-33-37(23-29-50(46)53)36-22-28-49-45(32-36)43-18-6-8-20-47(43)52(49)38-14-4-3-5-15-38/h3-33H,1-2H3. The van der Waals surface area contributed by atoms with Crippen LogP contribution in [0.1, 0.15) is 11.1 Å². The van der Waals surface area contributed by atoms with Crippen molar-refractivity contribution in [3.05, 3.63) is 199 Å². The molecule has 0 unspecified atom stereocenters. The molecule has 2 aromatic heterocycles. The largest absolute Gasteiger partial charge is 0.310 e. The van der Waals surface area contributed by atoms with Gasteiger partial charge in [0.25, 0.3) is 0 Å². The Labute approximate surface area is 309 Å². The second-order valence-corrected chi connectivity index (χ2v) is 14.0. The summed E-state index contributed by atoms with van der Waals surface area (Å²) in [5, 5.41) is 5.01. The molecule has 0 radical (unpaired) electrons. The molecule has 3 heteroatoms. The number of rotatable bonds is 6. The van der Waals surface area contributed by atoms with E-state index >= 15 is 0 Å². The molecular formula is C50H37N3. The number of nitrogens with zero attached hydrogens (tertiary/aromatic N) is 3. The molecule has 0 amide bonds. The average molecular weight is 680 g/mol. The Morgan fingerprint density at radius 3 is 1.28 bits per heavy atom. The van der Waals surface area contributed by atoms with Crippen molar-refractivity contribution < 1.29 is 0 Å². The first-order valence-corrected chi connectivity index (χ1v) is 18.3. The van der Waals surface area contributed by atoms with E-state index in [4.69, 9.17) is 0 Å². The van der Waals surface area contributed by atoms with Crippen molar-refractivity contribution in [2.75, 3.05) is 4.90 Å². The van der Waals surface area contributed by atoms with Gasteiger partial charge >= 0.3 is 0 Å². The van der Waals surface area contributed by atoms with Crippen LogP contribution < -0.4 is 4.90 Å². The third-order valence-electron chi connectivity index (χ3n) is 10.6. The number of aryl methyl sites for hydroxylation is 2. The van der Waals surface area contributed by atoms with Crippen LogP contribution in [0.4, 0.5) is 17.1 Å². The van der Waals surface area contributed by atoms with Crippen molar-refractivity contribution >= 4 is 60.7 Å². The van der Waals surface area contributed by atoms with Gasteiger partial charge < -0.3 is 14.0 Å². The molecule has 0 atom stereocenters. The zero-order valence-electron chi connectivity index (χ0n) is 29.7. The fraction of sp³-hybridized carbons (Fsp3) is 0.0400. The van der Waals surface area contributed by atoms with Gasteiger partial charge in [0.05, 0.1) is 22.1 Å². The smallest absolute Gasteiger partial charge is 0.0541 e. The van der Waals surface area contributed by atoms with E-state index in [1.54, 1.807) is 0 Å². The van der Waals surface area contributed by atoms with Crippen LogP contribution in [0.3, 0.4) is 0 Å². The SMILES string of the molecule is Cc1cccc(N(c2ccc(-n3c4ccccc4c4cc(-c5ccc6c(c5)c5ccccc5n6-c5ccccc5)ccc43)cc2)c2cccc(C)c2)c1. The van der Waals surface area contributed by atoms with E-state index < -0.39 is 0 Å². The van der Waals surface area contributed by atoms with Crippen molar-refractivity contribution in [1.82, 2.24) is 9.13 Å². The lowest BCUT2D eigenvalue weighted by Crippen LogP contribution is -2.10. The Morgan fingerprint density at radius 1 is 0.321 bits per heavy atom. The second kappa shape index (κ2) is 12.4. The molecule has 252 valence electrons. The maximum Gasteiger partial charge on any atom is 0.0541 e. The fourth-order valence-electron chi connectivity index (χ4n) is 8.17. The van der Waals surface area contributed by atoms with Crippen LogP contribution >= 0.6 is 0 Å². The Bertz CT molecular complexity index is 2920. The summed E-state index contributed by atoms with van der Waals surface area (Å²) in [7, 11) is 0. The Hall–Kier alpha value is -6.84. The van der Waals surface area contributed by atoms with Crippen LogP contribution in [0.25, 0.3) is 66.1 Å². The van der Waals surface area contributed by atoms with Gasteiger partial charge in [0, 0.05) is 50.0 Å². The van der Waals surface area contributed by atoms with Gasteiger partial charge in [0.1, 0.15) is 0 Å². The summed E-state index contributed by atoms with van der Waals surface area (Å²) in [6.45, 7) is 4.30. The lowest BCUT2D eigenvalue weighted by molar-refractivity contribution is 1.17. The zero-order chi connectivity index (χ0) is 35.5. The summed E-state index contributed by atoms with van der Waals surface area (Å²) in [4.78, 5) is 2.34. The fourth-order valence-corrected chi connectivity index (χ4v) is 8.17. The highest BCUT2D eigenvalue weighted by Gasteiger charge is 2.17. The molecule has 0 fully saturated rings. The van der Waals surface area contributed by atoms with Crippen LogP contribution in [0.2, 0.25) is 0 Å². The van der Waals surface area contributed by atoms with Crippen molar-refractivity contribution in [3.63, 3.8) is 0 Å². The molecule has 3 nitrogen and oxygen atoms in total. The maximum atomic E-state index is 2.40. The molecule has 0 saturated carbocycles. The summed E-state index contributed by atoms with van der Waals surface area (Å²) >= 11 is 0. The van der Waals surface area contributed by atoms with Crippen LogP contribution in [-0.2, 0) is 0 Å². The monoisotopic (exact) mass is 679 g/mol. The lowest BCUT2D eigenvalue weighted by Gasteiger charge is -2.26. The number of anilines is 3. The predicted molar refractivity (Wildman–Crippen MR) is 225 cm³/mol. The summed E-state index contributed by atoms with van der Waals surface area (Å²) in [5.74, 6) is 0. The second-order valence-electron chi connectivity index (χ2n) is 14.0. The van der Waals surface area contributed by atoms with E-state index in [9.17, 15) is 0 Å². The highest BCUT2D eigenvalue weighted by atomic mass is 15.1. The van der Waals surface area contributed by atoms with Gasteiger partial charge in [-0.15, -0.1) is 0 Å². The van der Waals surface area contributed by atoms with Crippen molar-refractivity contribution in [2.24, 2.45) is 0 Å². The number of hydrogen-bond donors (Lipinski definition) is 0. The highest BCUT2D eigenvalue weighted by Crippen LogP contribution is 2.40. The first-order chi connectivity index (χ1) is 26.1. The summed E-state index contributed by atoms with van der Waals surface area (Å²) in [6, 6.07) is 68.5. The number of benzene rings is 8. The quantitative estimate of drug-likeness (QED) is 0.170.